The highest BCUT2D eigenvalue weighted by atomic mass is 32.2. The predicted octanol–water partition coefficient (Wildman–Crippen LogP) is 11.2. The van der Waals surface area contributed by atoms with Gasteiger partial charge in [0.05, 0.1) is 0 Å². The van der Waals surface area contributed by atoms with E-state index in [1.54, 1.807) is 0 Å². The Balaban J connectivity index is 5.45. The molecule has 0 radical (unpaired) electrons. The minimum absolute atomic E-state index is 0.0207. The molecule has 7 unspecified atom stereocenters. The molecule has 0 aromatic carbocycles. The largest absolute Gasteiger partial charge is 0.396 e. The van der Waals surface area contributed by atoms with Crippen molar-refractivity contribution in [3.63, 3.8) is 0 Å². The molecule has 7 atom stereocenters. The van der Waals surface area contributed by atoms with Gasteiger partial charge < -0.3 is 36.8 Å². The van der Waals surface area contributed by atoms with Crippen LogP contribution < -0.4 is 0 Å². The number of hydrogen-bond donors (Lipinski definition) is 3. The van der Waals surface area contributed by atoms with Crippen LogP contribution in [0.4, 0.5) is 0 Å². The fourth-order valence-electron chi connectivity index (χ4n) is 6.12. The van der Waals surface area contributed by atoms with Crippen molar-refractivity contribution in [1.82, 2.24) is 0 Å². The van der Waals surface area contributed by atoms with E-state index in [0.29, 0.717) is 52.5 Å². The number of rotatable bonds is 43. The molecule has 0 aliphatic rings. The first-order chi connectivity index (χ1) is 28.6. The maximum atomic E-state index is 12.6. The minimum Gasteiger partial charge on any atom is -0.396 e. The zero-order valence-corrected chi connectivity index (χ0v) is 45.3. The molecule has 0 aromatic rings. The summed E-state index contributed by atoms with van der Waals surface area (Å²) >= 11 is 7.30. The van der Waals surface area contributed by atoms with Gasteiger partial charge in [0.1, 0.15) is 0 Å². The van der Waals surface area contributed by atoms with E-state index in [2.05, 4.69) is 60.0 Å². The summed E-state index contributed by atoms with van der Waals surface area (Å²) in [5, 5.41) is 19.8. The summed E-state index contributed by atoms with van der Waals surface area (Å²) in [5.41, 5.74) is 0. The topological polar surface area (TPSA) is 130 Å². The molecule has 358 valence electrons. The Hall–Kier alpha value is 0.721. The number of carbonyl (C=O) groups excluding carboxylic acids is 2. The Morgan fingerprint density at radius 1 is 0.483 bits per heavy atom. The van der Waals surface area contributed by atoms with E-state index < -0.39 is 25.7 Å². The van der Waals surface area contributed by atoms with Crippen LogP contribution in [0.3, 0.4) is 0 Å². The molecular formula is C44H92O10S3Si3. The quantitative estimate of drug-likeness (QED) is 0.0306. The Labute approximate surface area is 385 Å². The Morgan fingerprint density at radius 2 is 0.783 bits per heavy atom. The van der Waals surface area contributed by atoms with Gasteiger partial charge in [0.2, 0.25) is 0 Å². The third-order valence-corrected chi connectivity index (χ3v) is 21.3. The second-order valence-electron chi connectivity index (χ2n) is 17.9. The molecule has 2 N–H and O–H groups in total. The number of aliphatic hydroxyl groups excluding tert-OH is 2. The van der Waals surface area contributed by atoms with Crippen LogP contribution in [-0.2, 0) is 36.1 Å². The summed E-state index contributed by atoms with van der Waals surface area (Å²) in [5.74, 6) is 2.59. The summed E-state index contributed by atoms with van der Waals surface area (Å²) < 4.78 is 39.3. The summed E-state index contributed by atoms with van der Waals surface area (Å²) in [6.45, 7) is 22.0. The molecule has 0 aliphatic heterocycles. The van der Waals surface area contributed by atoms with Gasteiger partial charge in [-0.25, -0.2) is 0 Å². The monoisotopic (exact) mass is 961 g/mol. The van der Waals surface area contributed by atoms with Gasteiger partial charge in [0.15, 0.2) is 10.2 Å². The van der Waals surface area contributed by atoms with Gasteiger partial charge in [-0.05, 0) is 75.6 Å². The van der Waals surface area contributed by atoms with E-state index in [9.17, 15) is 19.8 Å². The van der Waals surface area contributed by atoms with E-state index in [1.807, 2.05) is 13.8 Å². The third kappa shape index (κ3) is 34.1. The number of aliphatic hydroxyl groups is 2. The van der Waals surface area contributed by atoms with Crippen LogP contribution in [0.2, 0.25) is 37.8 Å². The van der Waals surface area contributed by atoms with Gasteiger partial charge >= 0.3 is 25.7 Å². The predicted molar refractivity (Wildman–Crippen MR) is 265 cm³/mol. The third-order valence-electron chi connectivity index (χ3n) is 10.5. The normalized spacial score (nSPS) is 17.1. The lowest BCUT2D eigenvalue weighted by atomic mass is 10.1. The first kappa shape index (κ1) is 60.7. The van der Waals surface area contributed by atoms with Crippen LogP contribution in [0, 0.1) is 23.7 Å². The highest BCUT2D eigenvalue weighted by molar-refractivity contribution is 8.13. The molecule has 60 heavy (non-hydrogen) atoms. The van der Waals surface area contributed by atoms with Gasteiger partial charge in [-0.15, -0.1) is 0 Å². The van der Waals surface area contributed by atoms with E-state index >= 15 is 0 Å². The molecular weight excluding hydrogens is 869 g/mol. The smallest absolute Gasteiger partial charge is 0.334 e. The second kappa shape index (κ2) is 37.9. The number of unbranched alkanes of at least 4 members (excludes halogenated alkanes) is 8. The van der Waals surface area contributed by atoms with Crippen molar-refractivity contribution in [3.05, 3.63) is 0 Å². The molecule has 10 nitrogen and oxygen atoms in total. The maximum Gasteiger partial charge on any atom is 0.334 e. The van der Waals surface area contributed by atoms with Crippen molar-refractivity contribution in [3.8, 4) is 0 Å². The SMILES string of the molecule is CCCCCCCC(=O)SCCC[Si](C)(OCC(C)CO)OCC(C)CO[Si](C)(CCCSC(=O)CCCCCCC)OCC(C)CO[Si](C)(CCCS)OCC(C)CO. The Bertz CT molecular complexity index is 1060. The highest BCUT2D eigenvalue weighted by Gasteiger charge is 2.36. The molecule has 0 amide bonds. The standard InChI is InChI=1S/C44H92O10S3Si3/c1-10-12-14-16-18-23-43(47)56-26-21-29-59(8,50-34-40(4)32-46)52-36-42(6)38-54-60(9,30-22-27-57-44(48)24-19-17-15-13-11-2)53-37-41(5)35-51-58(7,28-20-25-55)49-33-39(3)31-45/h39-42,45-46,55H,10-38H2,1-9H3. The lowest BCUT2D eigenvalue weighted by Gasteiger charge is -2.33. The average Bonchev–Trinajstić information content (AvgIpc) is 3.24. The van der Waals surface area contributed by atoms with Crippen molar-refractivity contribution in [1.29, 1.82) is 0 Å². The molecule has 0 saturated carbocycles. The van der Waals surface area contributed by atoms with Gasteiger partial charge in [-0.3, -0.25) is 9.59 Å². The lowest BCUT2D eigenvalue weighted by Crippen LogP contribution is -2.44. The van der Waals surface area contributed by atoms with Crippen LogP contribution in [0.1, 0.15) is 138 Å². The van der Waals surface area contributed by atoms with Crippen LogP contribution in [0.15, 0.2) is 0 Å². The van der Waals surface area contributed by atoms with Crippen molar-refractivity contribution >= 4 is 72.1 Å². The fraction of sp³-hybridized carbons (Fsp3) is 0.955. The summed E-state index contributed by atoms with van der Waals surface area (Å²) in [6.07, 6.45) is 15.4. The van der Waals surface area contributed by atoms with E-state index in [-0.39, 0.29) is 47.1 Å². The van der Waals surface area contributed by atoms with Gasteiger partial charge in [0, 0.05) is 101 Å². The number of hydrogen-bond acceptors (Lipinski definition) is 13. The van der Waals surface area contributed by atoms with E-state index in [0.717, 1.165) is 80.3 Å². The number of carbonyl (C=O) groups is 2. The lowest BCUT2D eigenvalue weighted by molar-refractivity contribution is -0.111. The van der Waals surface area contributed by atoms with Gasteiger partial charge in [0.25, 0.3) is 0 Å². The fourth-order valence-corrected chi connectivity index (χ4v) is 16.1. The molecule has 0 heterocycles. The molecule has 16 heteroatoms. The Morgan fingerprint density at radius 3 is 1.08 bits per heavy atom. The zero-order valence-electron chi connectivity index (χ0n) is 39.7. The van der Waals surface area contributed by atoms with Crippen LogP contribution >= 0.6 is 36.2 Å². The summed E-state index contributed by atoms with van der Waals surface area (Å²) in [7, 11) is -7.71. The molecule has 0 aromatic heterocycles. The van der Waals surface area contributed by atoms with Gasteiger partial charge in [-0.1, -0.05) is 116 Å². The van der Waals surface area contributed by atoms with Crippen molar-refractivity contribution in [2.24, 2.45) is 23.7 Å². The second-order valence-corrected chi connectivity index (χ2v) is 30.6. The summed E-state index contributed by atoms with van der Waals surface area (Å²) in [6, 6.07) is 2.41. The molecule has 0 saturated heterocycles. The van der Waals surface area contributed by atoms with Crippen molar-refractivity contribution in [2.75, 3.05) is 70.1 Å². The minimum atomic E-state index is -2.66. The molecule has 0 fully saturated rings. The highest BCUT2D eigenvalue weighted by Crippen LogP contribution is 2.25. The molecule has 0 aliphatic carbocycles. The first-order valence-corrected chi connectivity index (χ1v) is 33.7. The van der Waals surface area contributed by atoms with Crippen LogP contribution in [0.5, 0.6) is 0 Å². The maximum absolute atomic E-state index is 12.6. The van der Waals surface area contributed by atoms with Crippen LogP contribution in [-0.4, -0.2) is 116 Å². The molecule has 0 bridgehead atoms. The average molecular weight is 962 g/mol. The summed E-state index contributed by atoms with van der Waals surface area (Å²) in [4.78, 5) is 25.1. The van der Waals surface area contributed by atoms with Crippen molar-refractivity contribution < 1.29 is 46.4 Å². The number of thioether (sulfide) groups is 2. The van der Waals surface area contributed by atoms with Crippen molar-refractivity contribution in [2.45, 2.75) is 176 Å². The Kier molecular flexibility index (Phi) is 38.3. The van der Waals surface area contributed by atoms with Gasteiger partial charge in [-0.2, -0.15) is 12.6 Å². The first-order valence-electron chi connectivity index (χ1n) is 23.6. The van der Waals surface area contributed by atoms with E-state index in [1.165, 1.54) is 62.0 Å². The molecule has 0 rings (SSSR count). The zero-order chi connectivity index (χ0) is 45.1. The molecule has 0 spiro atoms. The number of thiol groups is 1. The van der Waals surface area contributed by atoms with E-state index in [4.69, 9.17) is 26.6 Å². The van der Waals surface area contributed by atoms with Crippen LogP contribution in [0.25, 0.3) is 0 Å².